The van der Waals surface area contributed by atoms with Gasteiger partial charge in [-0.1, -0.05) is 36.4 Å². The summed E-state index contributed by atoms with van der Waals surface area (Å²) in [7, 11) is 0. The molecule has 1 N–H and O–H groups in total. The number of carbonyl (C=O) groups excluding carboxylic acids is 1. The molecule has 4 nitrogen and oxygen atoms in total. The van der Waals surface area contributed by atoms with E-state index in [1.54, 1.807) is 19.1 Å². The number of hydrogen-bond donors (Lipinski definition) is 1. The molecule has 0 aliphatic carbocycles. The van der Waals surface area contributed by atoms with Crippen molar-refractivity contribution in [3.05, 3.63) is 60.7 Å². The Morgan fingerprint density at radius 3 is 2.30 bits per heavy atom. The molecule has 104 valence electrons. The molecule has 0 saturated carbocycles. The molecule has 2 aromatic rings. The summed E-state index contributed by atoms with van der Waals surface area (Å²) in [6.07, 6.45) is -0.820. The van der Waals surface area contributed by atoms with Crippen molar-refractivity contribution >= 4 is 11.8 Å². The van der Waals surface area contributed by atoms with E-state index < -0.39 is 6.09 Å². The molecule has 0 unspecified atom stereocenters. The van der Waals surface area contributed by atoms with Crippen molar-refractivity contribution < 1.29 is 14.3 Å². The summed E-state index contributed by atoms with van der Waals surface area (Å²) in [5, 5.41) is 2.65. The van der Waals surface area contributed by atoms with E-state index in [-0.39, 0.29) is 6.10 Å². The minimum atomic E-state index is -0.486. The van der Waals surface area contributed by atoms with Crippen LogP contribution in [0.3, 0.4) is 0 Å². The number of rotatable bonds is 5. The number of nitrogens with one attached hydrogen (secondary N) is 1. The largest absolute Gasteiger partial charge is 0.490 e. The summed E-state index contributed by atoms with van der Waals surface area (Å²) in [5.41, 5.74) is 0.702. The zero-order valence-corrected chi connectivity index (χ0v) is 11.3. The van der Waals surface area contributed by atoms with Crippen LogP contribution in [0.4, 0.5) is 10.5 Å². The van der Waals surface area contributed by atoms with Crippen LogP contribution >= 0.6 is 0 Å². The predicted molar refractivity (Wildman–Crippen MR) is 77.9 cm³/mol. The zero-order valence-electron chi connectivity index (χ0n) is 11.3. The summed E-state index contributed by atoms with van der Waals surface area (Å²) < 4.78 is 10.7. The number of hydrogen-bond acceptors (Lipinski definition) is 3. The number of ether oxygens (including phenoxy) is 2. The van der Waals surface area contributed by atoms with Crippen molar-refractivity contribution in [2.75, 3.05) is 11.9 Å². The number of benzene rings is 2. The highest BCUT2D eigenvalue weighted by atomic mass is 16.6. The number of carbonyl (C=O) groups is 1. The quantitative estimate of drug-likeness (QED) is 0.902. The summed E-state index contributed by atoms with van der Waals surface area (Å²) in [6, 6.07) is 18.6. The molecule has 4 heteroatoms. The highest BCUT2D eigenvalue weighted by Gasteiger charge is 2.10. The minimum Gasteiger partial charge on any atom is -0.490 e. The number of para-hydroxylation sites is 2. The molecule has 0 spiro atoms. The van der Waals surface area contributed by atoms with Gasteiger partial charge in [-0.05, 0) is 31.2 Å². The highest BCUT2D eigenvalue weighted by Crippen LogP contribution is 2.10. The lowest BCUT2D eigenvalue weighted by atomic mass is 10.3. The van der Waals surface area contributed by atoms with Crippen molar-refractivity contribution in [3.8, 4) is 5.75 Å². The van der Waals surface area contributed by atoms with Crippen LogP contribution in [0.5, 0.6) is 5.75 Å². The van der Waals surface area contributed by atoms with Gasteiger partial charge < -0.3 is 9.47 Å². The van der Waals surface area contributed by atoms with Gasteiger partial charge in [-0.25, -0.2) is 4.79 Å². The standard InChI is InChI=1S/C16H17NO3/c1-13(12-19-15-10-6-3-7-11-15)20-16(18)17-14-8-4-2-5-9-14/h2-11,13H,12H2,1H3,(H,17,18)/t13-/m0/s1. The van der Waals surface area contributed by atoms with Crippen LogP contribution in [0.1, 0.15) is 6.92 Å². The van der Waals surface area contributed by atoms with Gasteiger partial charge in [0.15, 0.2) is 0 Å². The first-order valence-corrected chi connectivity index (χ1v) is 6.44. The van der Waals surface area contributed by atoms with E-state index in [0.717, 1.165) is 5.75 Å². The molecule has 0 aromatic heterocycles. The average molecular weight is 271 g/mol. The fraction of sp³-hybridized carbons (Fsp3) is 0.188. The third kappa shape index (κ3) is 4.65. The van der Waals surface area contributed by atoms with Gasteiger partial charge in [0.05, 0.1) is 0 Å². The monoisotopic (exact) mass is 271 g/mol. The topological polar surface area (TPSA) is 47.6 Å². The smallest absolute Gasteiger partial charge is 0.412 e. The van der Waals surface area contributed by atoms with Crippen LogP contribution in [0.25, 0.3) is 0 Å². The van der Waals surface area contributed by atoms with Gasteiger partial charge in [0.1, 0.15) is 18.5 Å². The van der Waals surface area contributed by atoms with E-state index in [2.05, 4.69) is 5.32 Å². The van der Waals surface area contributed by atoms with Gasteiger partial charge in [0.25, 0.3) is 0 Å². The molecular formula is C16H17NO3. The van der Waals surface area contributed by atoms with Crippen LogP contribution < -0.4 is 10.1 Å². The van der Waals surface area contributed by atoms with Gasteiger partial charge in [-0.2, -0.15) is 0 Å². The second-order valence-electron chi connectivity index (χ2n) is 4.33. The lowest BCUT2D eigenvalue weighted by Gasteiger charge is -2.14. The molecule has 2 aromatic carbocycles. The lowest BCUT2D eigenvalue weighted by Crippen LogP contribution is -2.25. The van der Waals surface area contributed by atoms with Gasteiger partial charge >= 0.3 is 6.09 Å². The zero-order chi connectivity index (χ0) is 14.2. The first-order chi connectivity index (χ1) is 9.74. The maximum absolute atomic E-state index is 11.6. The van der Waals surface area contributed by atoms with Gasteiger partial charge in [0, 0.05) is 5.69 Å². The lowest BCUT2D eigenvalue weighted by molar-refractivity contribution is 0.0856. The molecular weight excluding hydrogens is 254 g/mol. The summed E-state index contributed by atoms with van der Waals surface area (Å²) in [4.78, 5) is 11.6. The molecule has 1 amide bonds. The average Bonchev–Trinajstić information content (AvgIpc) is 2.47. The third-order valence-electron chi connectivity index (χ3n) is 2.56. The van der Waals surface area contributed by atoms with Crippen molar-refractivity contribution in [1.82, 2.24) is 0 Å². The van der Waals surface area contributed by atoms with Crippen LogP contribution in [-0.4, -0.2) is 18.8 Å². The Balaban J connectivity index is 1.74. The SMILES string of the molecule is C[C@@H](COc1ccccc1)OC(=O)Nc1ccccc1. The third-order valence-corrected chi connectivity index (χ3v) is 2.56. The Bertz CT molecular complexity index is 528. The molecule has 0 heterocycles. The molecule has 0 fully saturated rings. The van der Waals surface area contributed by atoms with Gasteiger partial charge in [-0.15, -0.1) is 0 Å². The van der Waals surface area contributed by atoms with Crippen LogP contribution in [0.15, 0.2) is 60.7 Å². The second-order valence-corrected chi connectivity index (χ2v) is 4.33. The number of amides is 1. The molecule has 1 atom stereocenters. The fourth-order valence-corrected chi connectivity index (χ4v) is 1.62. The Hall–Kier alpha value is -2.49. The molecule has 0 aliphatic rings. The Morgan fingerprint density at radius 2 is 1.65 bits per heavy atom. The van der Waals surface area contributed by atoms with Crippen molar-refractivity contribution in [3.63, 3.8) is 0 Å². The van der Waals surface area contributed by atoms with Crippen LogP contribution in [0.2, 0.25) is 0 Å². The summed E-state index contributed by atoms with van der Waals surface area (Å²) in [6.45, 7) is 2.10. The van der Waals surface area contributed by atoms with Gasteiger partial charge in [0.2, 0.25) is 0 Å². The van der Waals surface area contributed by atoms with Crippen molar-refractivity contribution in [1.29, 1.82) is 0 Å². The first kappa shape index (κ1) is 13.9. The first-order valence-electron chi connectivity index (χ1n) is 6.44. The molecule has 2 rings (SSSR count). The predicted octanol–water partition coefficient (Wildman–Crippen LogP) is 3.70. The van der Waals surface area contributed by atoms with E-state index in [1.807, 2.05) is 48.5 Å². The molecule has 20 heavy (non-hydrogen) atoms. The van der Waals surface area contributed by atoms with E-state index in [9.17, 15) is 4.79 Å². The normalized spacial score (nSPS) is 11.4. The molecule has 0 bridgehead atoms. The molecule has 0 saturated heterocycles. The van der Waals surface area contributed by atoms with Crippen LogP contribution in [0, 0.1) is 0 Å². The Morgan fingerprint density at radius 1 is 1.05 bits per heavy atom. The molecule has 0 radical (unpaired) electrons. The molecule has 0 aliphatic heterocycles. The van der Waals surface area contributed by atoms with E-state index in [4.69, 9.17) is 9.47 Å². The fourth-order valence-electron chi connectivity index (χ4n) is 1.62. The Kier molecular flexibility index (Phi) is 5.00. The van der Waals surface area contributed by atoms with Crippen molar-refractivity contribution in [2.24, 2.45) is 0 Å². The minimum absolute atomic E-state index is 0.312. The summed E-state index contributed by atoms with van der Waals surface area (Å²) in [5.74, 6) is 0.756. The maximum Gasteiger partial charge on any atom is 0.412 e. The van der Waals surface area contributed by atoms with E-state index >= 15 is 0 Å². The Labute approximate surface area is 118 Å². The van der Waals surface area contributed by atoms with Crippen LogP contribution in [-0.2, 0) is 4.74 Å². The van der Waals surface area contributed by atoms with E-state index in [1.165, 1.54) is 0 Å². The number of anilines is 1. The van der Waals surface area contributed by atoms with E-state index in [0.29, 0.717) is 12.3 Å². The van der Waals surface area contributed by atoms with Crippen molar-refractivity contribution in [2.45, 2.75) is 13.0 Å². The maximum atomic E-state index is 11.6. The second kappa shape index (κ2) is 7.19. The summed E-state index contributed by atoms with van der Waals surface area (Å²) >= 11 is 0. The highest BCUT2D eigenvalue weighted by molar-refractivity contribution is 5.84. The van der Waals surface area contributed by atoms with Gasteiger partial charge in [-0.3, -0.25) is 5.32 Å².